The summed E-state index contributed by atoms with van der Waals surface area (Å²) < 4.78 is 0. The predicted octanol–water partition coefficient (Wildman–Crippen LogP) is 1.17. The molecule has 90 valence electrons. The average molecular weight is 265 g/mol. The standard InChI is InChI=1S/C9H14Cl2N4O/c1-6(16)5-12-2-3-13-7-4-8(10)14-15-9(7)11/h4,6,12,16H,2-3,5H2,1H3,(H,13,14). The van der Waals surface area contributed by atoms with E-state index in [-0.39, 0.29) is 6.10 Å². The van der Waals surface area contributed by atoms with Gasteiger partial charge in [0.1, 0.15) is 0 Å². The molecule has 0 saturated heterocycles. The van der Waals surface area contributed by atoms with Gasteiger partial charge in [-0.15, -0.1) is 10.2 Å². The first-order valence-corrected chi connectivity index (χ1v) is 5.66. The number of nitrogens with one attached hydrogen (secondary N) is 2. The highest BCUT2D eigenvalue weighted by Crippen LogP contribution is 2.20. The van der Waals surface area contributed by atoms with E-state index in [0.29, 0.717) is 35.6 Å². The molecule has 0 aromatic carbocycles. The number of aliphatic hydroxyl groups excluding tert-OH is 1. The minimum Gasteiger partial charge on any atom is -0.392 e. The van der Waals surface area contributed by atoms with Crippen molar-refractivity contribution >= 4 is 28.9 Å². The minimum absolute atomic E-state index is 0.292. The summed E-state index contributed by atoms with van der Waals surface area (Å²) in [5, 5.41) is 23.0. The lowest BCUT2D eigenvalue weighted by atomic mass is 10.4. The zero-order valence-electron chi connectivity index (χ0n) is 8.87. The van der Waals surface area contributed by atoms with Gasteiger partial charge in [-0.25, -0.2) is 0 Å². The predicted molar refractivity (Wildman–Crippen MR) is 65.1 cm³/mol. The maximum absolute atomic E-state index is 9.01. The van der Waals surface area contributed by atoms with E-state index >= 15 is 0 Å². The Morgan fingerprint density at radius 3 is 2.81 bits per heavy atom. The number of aliphatic hydroxyl groups is 1. The summed E-state index contributed by atoms with van der Waals surface area (Å²) in [4.78, 5) is 0. The van der Waals surface area contributed by atoms with Crippen molar-refractivity contribution in [1.82, 2.24) is 15.5 Å². The number of rotatable bonds is 6. The Hall–Kier alpha value is -0.620. The van der Waals surface area contributed by atoms with E-state index in [1.54, 1.807) is 13.0 Å². The molecule has 0 bridgehead atoms. The first-order chi connectivity index (χ1) is 7.59. The second-order valence-corrected chi connectivity index (χ2v) is 4.10. The van der Waals surface area contributed by atoms with Gasteiger partial charge >= 0.3 is 0 Å². The van der Waals surface area contributed by atoms with Gasteiger partial charge in [0.15, 0.2) is 10.3 Å². The fourth-order valence-corrected chi connectivity index (χ4v) is 1.38. The number of hydrogen-bond acceptors (Lipinski definition) is 5. The molecule has 1 aromatic rings. The van der Waals surface area contributed by atoms with Crippen LogP contribution in [0.15, 0.2) is 6.07 Å². The van der Waals surface area contributed by atoms with Gasteiger partial charge in [-0.3, -0.25) is 0 Å². The topological polar surface area (TPSA) is 70.1 Å². The number of hydrogen-bond donors (Lipinski definition) is 3. The molecule has 3 N–H and O–H groups in total. The summed E-state index contributed by atoms with van der Waals surface area (Å²) in [6.07, 6.45) is -0.347. The van der Waals surface area contributed by atoms with Crippen molar-refractivity contribution in [2.24, 2.45) is 0 Å². The van der Waals surface area contributed by atoms with Gasteiger partial charge in [-0.2, -0.15) is 0 Å². The fraction of sp³-hybridized carbons (Fsp3) is 0.556. The molecule has 1 aromatic heterocycles. The van der Waals surface area contributed by atoms with E-state index in [1.165, 1.54) is 0 Å². The summed E-state index contributed by atoms with van der Waals surface area (Å²) in [6, 6.07) is 1.62. The maximum atomic E-state index is 9.01. The van der Waals surface area contributed by atoms with Crippen LogP contribution in [-0.2, 0) is 0 Å². The highest BCUT2D eigenvalue weighted by Gasteiger charge is 2.02. The molecule has 0 saturated carbocycles. The molecule has 1 heterocycles. The van der Waals surface area contributed by atoms with E-state index in [9.17, 15) is 0 Å². The van der Waals surface area contributed by atoms with Crippen molar-refractivity contribution < 1.29 is 5.11 Å². The SMILES string of the molecule is CC(O)CNCCNc1cc(Cl)nnc1Cl. The Bertz CT molecular complexity index is 335. The van der Waals surface area contributed by atoms with Crippen LogP contribution in [0.5, 0.6) is 0 Å². The van der Waals surface area contributed by atoms with Crippen LogP contribution in [0.4, 0.5) is 5.69 Å². The van der Waals surface area contributed by atoms with Crippen LogP contribution in [-0.4, -0.2) is 41.0 Å². The van der Waals surface area contributed by atoms with E-state index in [1.807, 2.05) is 0 Å². The monoisotopic (exact) mass is 264 g/mol. The molecule has 1 rings (SSSR count). The van der Waals surface area contributed by atoms with Crippen LogP contribution < -0.4 is 10.6 Å². The third kappa shape index (κ3) is 4.94. The highest BCUT2D eigenvalue weighted by molar-refractivity contribution is 6.33. The third-order valence-corrected chi connectivity index (χ3v) is 2.24. The molecule has 0 aliphatic rings. The average Bonchev–Trinajstić information content (AvgIpc) is 2.22. The van der Waals surface area contributed by atoms with Crippen molar-refractivity contribution in [2.45, 2.75) is 13.0 Å². The Labute approximate surface area is 104 Å². The minimum atomic E-state index is -0.347. The van der Waals surface area contributed by atoms with E-state index in [0.717, 1.165) is 0 Å². The fourth-order valence-electron chi connectivity index (χ4n) is 1.07. The second-order valence-electron chi connectivity index (χ2n) is 3.35. The number of anilines is 1. The lowest BCUT2D eigenvalue weighted by molar-refractivity contribution is 0.192. The summed E-state index contributed by atoms with van der Waals surface area (Å²) in [7, 11) is 0. The number of halogens is 2. The molecule has 1 atom stereocenters. The van der Waals surface area contributed by atoms with Crippen LogP contribution in [0.25, 0.3) is 0 Å². The zero-order chi connectivity index (χ0) is 12.0. The van der Waals surface area contributed by atoms with Gasteiger partial charge in [0.05, 0.1) is 11.8 Å². The first-order valence-electron chi connectivity index (χ1n) is 4.91. The van der Waals surface area contributed by atoms with Gasteiger partial charge in [-0.05, 0) is 6.92 Å². The molecule has 0 aliphatic carbocycles. The van der Waals surface area contributed by atoms with Crippen molar-refractivity contribution in [3.05, 3.63) is 16.4 Å². The quantitative estimate of drug-likeness (QED) is 0.673. The molecule has 0 spiro atoms. The maximum Gasteiger partial charge on any atom is 0.174 e. The molecule has 0 aliphatic heterocycles. The molecule has 16 heavy (non-hydrogen) atoms. The summed E-state index contributed by atoms with van der Waals surface area (Å²) in [6.45, 7) is 3.66. The molecule has 0 amide bonds. The Morgan fingerprint density at radius 2 is 2.12 bits per heavy atom. The van der Waals surface area contributed by atoms with E-state index in [2.05, 4.69) is 20.8 Å². The number of aromatic nitrogens is 2. The zero-order valence-corrected chi connectivity index (χ0v) is 10.4. The van der Waals surface area contributed by atoms with Crippen molar-refractivity contribution in [1.29, 1.82) is 0 Å². The summed E-state index contributed by atoms with van der Waals surface area (Å²) >= 11 is 11.5. The molecule has 1 unspecified atom stereocenters. The lowest BCUT2D eigenvalue weighted by Crippen LogP contribution is -2.29. The van der Waals surface area contributed by atoms with Crippen LogP contribution in [0.1, 0.15) is 6.92 Å². The summed E-state index contributed by atoms with van der Waals surface area (Å²) in [5.74, 6) is 0. The molecule has 7 heteroatoms. The Kier molecular flexibility index (Phi) is 5.76. The highest BCUT2D eigenvalue weighted by atomic mass is 35.5. The van der Waals surface area contributed by atoms with Crippen molar-refractivity contribution in [3.63, 3.8) is 0 Å². The smallest absolute Gasteiger partial charge is 0.174 e. The van der Waals surface area contributed by atoms with Gasteiger partial charge in [0.2, 0.25) is 0 Å². The van der Waals surface area contributed by atoms with Gasteiger partial charge in [0, 0.05) is 25.7 Å². The second kappa shape index (κ2) is 6.85. The van der Waals surface area contributed by atoms with Gasteiger partial charge in [-0.1, -0.05) is 23.2 Å². The van der Waals surface area contributed by atoms with E-state index < -0.39 is 0 Å². The first kappa shape index (κ1) is 13.4. The Morgan fingerprint density at radius 1 is 1.38 bits per heavy atom. The largest absolute Gasteiger partial charge is 0.392 e. The molecule has 0 fully saturated rings. The molecule has 5 nitrogen and oxygen atoms in total. The van der Waals surface area contributed by atoms with Gasteiger partial charge < -0.3 is 15.7 Å². The third-order valence-electron chi connectivity index (χ3n) is 1.78. The number of nitrogens with zero attached hydrogens (tertiary/aromatic N) is 2. The molecular weight excluding hydrogens is 251 g/mol. The summed E-state index contributed by atoms with van der Waals surface area (Å²) in [5.41, 5.74) is 0.653. The molecule has 0 radical (unpaired) electrons. The van der Waals surface area contributed by atoms with Crippen LogP contribution in [0, 0.1) is 0 Å². The van der Waals surface area contributed by atoms with Crippen LogP contribution >= 0.6 is 23.2 Å². The van der Waals surface area contributed by atoms with Crippen LogP contribution in [0.2, 0.25) is 10.3 Å². The normalized spacial score (nSPS) is 12.5. The van der Waals surface area contributed by atoms with Crippen LogP contribution in [0.3, 0.4) is 0 Å². The van der Waals surface area contributed by atoms with Gasteiger partial charge in [0.25, 0.3) is 0 Å². The lowest BCUT2D eigenvalue weighted by Gasteiger charge is -2.09. The Balaban J connectivity index is 2.29. The van der Waals surface area contributed by atoms with E-state index in [4.69, 9.17) is 28.3 Å². The molecular formula is C9H14Cl2N4O. The van der Waals surface area contributed by atoms with Crippen molar-refractivity contribution in [3.8, 4) is 0 Å². The van der Waals surface area contributed by atoms with Crippen molar-refractivity contribution in [2.75, 3.05) is 25.0 Å².